The monoisotopic (exact) mass is 338 g/mol. The third-order valence-electron chi connectivity index (χ3n) is 4.81. The van der Waals surface area contributed by atoms with E-state index in [0.29, 0.717) is 11.3 Å². The van der Waals surface area contributed by atoms with Gasteiger partial charge in [-0.25, -0.2) is 0 Å². The summed E-state index contributed by atoms with van der Waals surface area (Å²) in [5, 5.41) is 0. The van der Waals surface area contributed by atoms with E-state index in [0.717, 1.165) is 44.5 Å². The van der Waals surface area contributed by atoms with E-state index in [1.807, 2.05) is 30.0 Å². The van der Waals surface area contributed by atoms with Gasteiger partial charge in [0.2, 0.25) is 0 Å². The van der Waals surface area contributed by atoms with Crippen LogP contribution < -0.4 is 5.73 Å². The first kappa shape index (κ1) is 17.5. The van der Waals surface area contributed by atoms with E-state index < -0.39 is 0 Å². The molecule has 0 spiro atoms. The molecule has 1 aliphatic heterocycles. The molecular formula is C21H26N2O2. The molecule has 4 heteroatoms. The summed E-state index contributed by atoms with van der Waals surface area (Å²) in [7, 11) is 0. The fraction of sp³-hybridized carbons (Fsp3) is 0.381. The Morgan fingerprint density at radius 3 is 2.60 bits per heavy atom. The van der Waals surface area contributed by atoms with E-state index in [2.05, 4.69) is 24.3 Å². The third kappa shape index (κ3) is 4.60. The van der Waals surface area contributed by atoms with Crippen molar-refractivity contribution in [1.82, 2.24) is 4.90 Å². The summed E-state index contributed by atoms with van der Waals surface area (Å²) in [5.41, 5.74) is 9.44. The number of likely N-dealkylation sites (tertiary alicyclic amines) is 1. The van der Waals surface area contributed by atoms with Crippen LogP contribution in [0.2, 0.25) is 0 Å². The van der Waals surface area contributed by atoms with Crippen molar-refractivity contribution in [2.24, 2.45) is 0 Å². The number of nitrogens with two attached hydrogens (primary N) is 1. The maximum absolute atomic E-state index is 12.7. The first-order valence-electron chi connectivity index (χ1n) is 8.94. The molecule has 1 heterocycles. The number of hydrogen-bond acceptors (Lipinski definition) is 3. The zero-order valence-electron chi connectivity index (χ0n) is 14.8. The minimum absolute atomic E-state index is 0.0764. The Bertz CT molecular complexity index is 707. The SMILES string of the molecule is Cc1ccc(N)cc1C(=O)N1CCC(OCCc2ccccc2)CC1. The number of carbonyl (C=O) groups is 1. The second-order valence-electron chi connectivity index (χ2n) is 6.67. The molecule has 1 amide bonds. The lowest BCUT2D eigenvalue weighted by Gasteiger charge is -2.32. The van der Waals surface area contributed by atoms with Gasteiger partial charge in [0.1, 0.15) is 0 Å². The Morgan fingerprint density at radius 1 is 1.16 bits per heavy atom. The fourth-order valence-corrected chi connectivity index (χ4v) is 3.25. The lowest BCUT2D eigenvalue weighted by molar-refractivity contribution is 0.0100. The van der Waals surface area contributed by atoms with Gasteiger partial charge in [0.05, 0.1) is 12.7 Å². The summed E-state index contributed by atoms with van der Waals surface area (Å²) >= 11 is 0. The molecule has 1 aliphatic rings. The van der Waals surface area contributed by atoms with Gasteiger partial charge in [0.25, 0.3) is 5.91 Å². The minimum atomic E-state index is 0.0764. The standard InChI is InChI=1S/C21H26N2O2/c1-16-7-8-18(22)15-20(16)21(24)23-12-9-19(10-13-23)25-14-11-17-5-3-2-4-6-17/h2-8,15,19H,9-14,22H2,1H3. The normalized spacial score (nSPS) is 15.3. The first-order chi connectivity index (χ1) is 12.1. The number of rotatable bonds is 5. The first-order valence-corrected chi connectivity index (χ1v) is 8.94. The van der Waals surface area contributed by atoms with Crippen LogP contribution in [0.5, 0.6) is 0 Å². The zero-order valence-corrected chi connectivity index (χ0v) is 14.8. The van der Waals surface area contributed by atoms with Crippen molar-refractivity contribution in [1.29, 1.82) is 0 Å². The predicted molar refractivity (Wildman–Crippen MR) is 101 cm³/mol. The Hall–Kier alpha value is -2.33. The van der Waals surface area contributed by atoms with Crippen molar-refractivity contribution in [3.05, 3.63) is 65.2 Å². The maximum atomic E-state index is 12.7. The Labute approximate surface area is 149 Å². The largest absolute Gasteiger partial charge is 0.399 e. The molecule has 0 radical (unpaired) electrons. The van der Waals surface area contributed by atoms with Crippen molar-refractivity contribution in [3.8, 4) is 0 Å². The lowest BCUT2D eigenvalue weighted by Crippen LogP contribution is -2.41. The molecule has 4 nitrogen and oxygen atoms in total. The van der Waals surface area contributed by atoms with Gasteiger partial charge in [-0.2, -0.15) is 0 Å². The summed E-state index contributed by atoms with van der Waals surface area (Å²) in [6.45, 7) is 4.16. The van der Waals surface area contributed by atoms with Crippen LogP contribution >= 0.6 is 0 Å². The average Bonchev–Trinajstić information content (AvgIpc) is 2.65. The Kier molecular flexibility index (Phi) is 5.71. The second kappa shape index (κ2) is 8.17. The van der Waals surface area contributed by atoms with Gasteiger partial charge < -0.3 is 15.4 Å². The van der Waals surface area contributed by atoms with Gasteiger partial charge in [0, 0.05) is 24.3 Å². The van der Waals surface area contributed by atoms with E-state index in [-0.39, 0.29) is 12.0 Å². The van der Waals surface area contributed by atoms with Gasteiger partial charge in [-0.15, -0.1) is 0 Å². The molecule has 1 saturated heterocycles. The number of amides is 1. The highest BCUT2D eigenvalue weighted by Crippen LogP contribution is 2.20. The number of hydrogen-bond donors (Lipinski definition) is 1. The lowest BCUT2D eigenvalue weighted by atomic mass is 10.0. The average molecular weight is 338 g/mol. The summed E-state index contributed by atoms with van der Waals surface area (Å²) in [6.07, 6.45) is 2.96. The van der Waals surface area contributed by atoms with E-state index in [1.165, 1.54) is 5.56 Å². The Balaban J connectivity index is 1.47. The molecule has 132 valence electrons. The van der Waals surface area contributed by atoms with Gasteiger partial charge >= 0.3 is 0 Å². The molecule has 3 rings (SSSR count). The molecule has 2 aromatic carbocycles. The Morgan fingerprint density at radius 2 is 1.88 bits per heavy atom. The van der Waals surface area contributed by atoms with Crippen LogP contribution in [0.4, 0.5) is 5.69 Å². The number of ether oxygens (including phenoxy) is 1. The maximum Gasteiger partial charge on any atom is 0.254 e. The third-order valence-corrected chi connectivity index (χ3v) is 4.81. The summed E-state index contributed by atoms with van der Waals surface area (Å²) in [4.78, 5) is 14.6. The van der Waals surface area contributed by atoms with E-state index in [1.54, 1.807) is 6.07 Å². The molecular weight excluding hydrogens is 312 g/mol. The molecule has 25 heavy (non-hydrogen) atoms. The number of carbonyl (C=O) groups excluding carboxylic acids is 1. The minimum Gasteiger partial charge on any atom is -0.399 e. The summed E-state index contributed by atoms with van der Waals surface area (Å²) in [5.74, 6) is 0.0764. The summed E-state index contributed by atoms with van der Waals surface area (Å²) in [6, 6.07) is 15.9. The van der Waals surface area contributed by atoms with Crippen molar-refractivity contribution in [2.45, 2.75) is 32.3 Å². The van der Waals surface area contributed by atoms with Crippen molar-refractivity contribution in [2.75, 3.05) is 25.4 Å². The molecule has 0 unspecified atom stereocenters. The van der Waals surface area contributed by atoms with Crippen LogP contribution in [0.1, 0.15) is 34.3 Å². The number of aryl methyl sites for hydroxylation is 1. The van der Waals surface area contributed by atoms with Crippen LogP contribution in [-0.2, 0) is 11.2 Å². The molecule has 0 atom stereocenters. The highest BCUT2D eigenvalue weighted by Gasteiger charge is 2.24. The molecule has 0 aromatic heterocycles. The zero-order chi connectivity index (χ0) is 17.6. The highest BCUT2D eigenvalue weighted by atomic mass is 16.5. The molecule has 0 saturated carbocycles. The highest BCUT2D eigenvalue weighted by molar-refractivity contribution is 5.96. The predicted octanol–water partition coefficient (Wildman–Crippen LogP) is 3.44. The molecule has 2 aromatic rings. The molecule has 0 bridgehead atoms. The fourth-order valence-electron chi connectivity index (χ4n) is 3.25. The van der Waals surface area contributed by atoms with E-state index in [4.69, 9.17) is 10.5 Å². The van der Waals surface area contributed by atoms with Crippen LogP contribution in [0.25, 0.3) is 0 Å². The number of nitrogen functional groups attached to an aromatic ring is 1. The molecule has 2 N–H and O–H groups in total. The second-order valence-corrected chi connectivity index (χ2v) is 6.67. The van der Waals surface area contributed by atoms with Crippen LogP contribution in [0, 0.1) is 6.92 Å². The van der Waals surface area contributed by atoms with Crippen molar-refractivity contribution >= 4 is 11.6 Å². The number of piperidine rings is 1. The van der Waals surface area contributed by atoms with Gasteiger partial charge in [0.15, 0.2) is 0 Å². The van der Waals surface area contributed by atoms with Crippen molar-refractivity contribution in [3.63, 3.8) is 0 Å². The van der Waals surface area contributed by atoms with Crippen molar-refractivity contribution < 1.29 is 9.53 Å². The van der Waals surface area contributed by atoms with E-state index >= 15 is 0 Å². The molecule has 1 fully saturated rings. The number of benzene rings is 2. The number of anilines is 1. The quantitative estimate of drug-likeness (QED) is 0.850. The van der Waals surface area contributed by atoms with Crippen LogP contribution in [0.3, 0.4) is 0 Å². The van der Waals surface area contributed by atoms with Gasteiger partial charge in [-0.1, -0.05) is 36.4 Å². The van der Waals surface area contributed by atoms with E-state index in [9.17, 15) is 4.79 Å². The topological polar surface area (TPSA) is 55.6 Å². The van der Waals surface area contributed by atoms with Gasteiger partial charge in [-0.05, 0) is 49.4 Å². The van der Waals surface area contributed by atoms with Gasteiger partial charge in [-0.3, -0.25) is 4.79 Å². The van der Waals surface area contributed by atoms with Crippen LogP contribution in [0.15, 0.2) is 48.5 Å². The number of nitrogens with zero attached hydrogens (tertiary/aromatic N) is 1. The van der Waals surface area contributed by atoms with Crippen LogP contribution in [-0.4, -0.2) is 36.6 Å². The molecule has 0 aliphatic carbocycles. The summed E-state index contributed by atoms with van der Waals surface area (Å²) < 4.78 is 6.01. The smallest absolute Gasteiger partial charge is 0.254 e.